The summed E-state index contributed by atoms with van der Waals surface area (Å²) in [5.74, 6) is -0.320. The molecule has 0 bridgehead atoms. The Hall–Kier alpha value is -1.15. The van der Waals surface area contributed by atoms with Gasteiger partial charge >= 0.3 is 5.97 Å². The molecule has 1 fully saturated rings. The third-order valence-electron chi connectivity index (χ3n) is 3.43. The summed E-state index contributed by atoms with van der Waals surface area (Å²) < 4.78 is 36.3. The van der Waals surface area contributed by atoms with Crippen LogP contribution in [0.15, 0.2) is 23.1 Å². The second-order valence-electron chi connectivity index (χ2n) is 5.34. The molecule has 8 heteroatoms. The topological polar surface area (TPSA) is 76.2 Å². The van der Waals surface area contributed by atoms with Crippen molar-refractivity contribution in [1.29, 1.82) is 0 Å². The van der Waals surface area contributed by atoms with E-state index in [1.807, 2.05) is 0 Å². The van der Waals surface area contributed by atoms with Gasteiger partial charge in [-0.1, -0.05) is 11.6 Å². The Morgan fingerprint density at radius 1 is 1.43 bits per heavy atom. The zero-order valence-corrected chi connectivity index (χ0v) is 14.7. The molecule has 128 valence electrons. The van der Waals surface area contributed by atoms with Gasteiger partial charge in [-0.3, -0.25) is 4.79 Å². The number of sulfonamides is 1. The molecule has 2 rings (SSSR count). The number of epoxide rings is 1. The molecule has 1 aliphatic heterocycles. The number of esters is 1. The number of carbonyl (C=O) groups excluding carboxylic acids is 1. The molecule has 0 radical (unpaired) electrons. The fraction of sp³-hybridized carbons (Fsp3) is 0.533. The molecule has 1 heterocycles. The summed E-state index contributed by atoms with van der Waals surface area (Å²) in [6, 6.07) is 4.61. The SMILES string of the molecule is CCOC(=O)CCc1cc(Cl)cc(S(=O)(=O)N(C)C[C@H]2CO2)c1. The number of hydrogen-bond donors (Lipinski definition) is 0. The molecular formula is C15H20ClNO5S. The van der Waals surface area contributed by atoms with Crippen LogP contribution in [0, 0.1) is 0 Å². The van der Waals surface area contributed by atoms with Crippen molar-refractivity contribution in [2.45, 2.75) is 30.8 Å². The average molecular weight is 362 g/mol. The number of rotatable bonds is 8. The first kappa shape index (κ1) is 18.2. The molecule has 0 spiro atoms. The molecule has 0 saturated carbocycles. The van der Waals surface area contributed by atoms with Gasteiger partial charge in [-0.25, -0.2) is 8.42 Å². The van der Waals surface area contributed by atoms with E-state index in [1.54, 1.807) is 19.1 Å². The van der Waals surface area contributed by atoms with Crippen molar-refractivity contribution in [3.05, 3.63) is 28.8 Å². The molecule has 1 saturated heterocycles. The fourth-order valence-electron chi connectivity index (χ4n) is 2.13. The van der Waals surface area contributed by atoms with Gasteiger partial charge in [-0.15, -0.1) is 0 Å². The lowest BCUT2D eigenvalue weighted by atomic mass is 10.1. The van der Waals surface area contributed by atoms with Crippen LogP contribution in [0.4, 0.5) is 0 Å². The Morgan fingerprint density at radius 2 is 2.13 bits per heavy atom. The number of ether oxygens (including phenoxy) is 2. The van der Waals surface area contributed by atoms with Crippen LogP contribution >= 0.6 is 11.6 Å². The summed E-state index contributed by atoms with van der Waals surface area (Å²) in [7, 11) is -2.12. The van der Waals surface area contributed by atoms with Crippen LogP contribution in [0.2, 0.25) is 5.02 Å². The first-order chi connectivity index (χ1) is 10.8. The highest BCUT2D eigenvalue weighted by atomic mass is 35.5. The largest absolute Gasteiger partial charge is 0.466 e. The molecule has 6 nitrogen and oxygen atoms in total. The highest BCUT2D eigenvalue weighted by Crippen LogP contribution is 2.24. The second kappa shape index (κ2) is 7.61. The van der Waals surface area contributed by atoms with Gasteiger partial charge in [0.1, 0.15) is 0 Å². The molecule has 0 aliphatic carbocycles. The van der Waals surface area contributed by atoms with Gasteiger partial charge in [0, 0.05) is 25.0 Å². The maximum atomic E-state index is 12.6. The quantitative estimate of drug-likeness (QED) is 0.521. The van der Waals surface area contributed by atoms with Crippen molar-refractivity contribution in [1.82, 2.24) is 4.31 Å². The standard InChI is InChI=1S/C15H20ClNO5S/c1-3-21-15(18)5-4-11-6-12(16)8-14(7-11)23(19,20)17(2)9-13-10-22-13/h6-8,13H,3-5,9-10H2,1-2H3/t13-/m0/s1. The van der Waals surface area contributed by atoms with Crippen LogP contribution in [0.25, 0.3) is 0 Å². The van der Waals surface area contributed by atoms with Crippen LogP contribution in [0.1, 0.15) is 18.9 Å². The van der Waals surface area contributed by atoms with E-state index in [2.05, 4.69) is 0 Å². The molecule has 0 amide bonds. The van der Waals surface area contributed by atoms with Gasteiger partial charge in [0.25, 0.3) is 0 Å². The number of carbonyl (C=O) groups is 1. The summed E-state index contributed by atoms with van der Waals surface area (Å²) in [5.41, 5.74) is 0.681. The summed E-state index contributed by atoms with van der Waals surface area (Å²) in [4.78, 5) is 11.5. The first-order valence-corrected chi connectivity index (χ1v) is 9.17. The van der Waals surface area contributed by atoms with Gasteiger partial charge in [0.15, 0.2) is 0 Å². The minimum Gasteiger partial charge on any atom is -0.466 e. The molecule has 1 aromatic rings. The first-order valence-electron chi connectivity index (χ1n) is 7.36. The highest BCUT2D eigenvalue weighted by molar-refractivity contribution is 7.89. The fourth-order valence-corrected chi connectivity index (χ4v) is 3.75. The number of aryl methyl sites for hydroxylation is 1. The Balaban J connectivity index is 2.13. The zero-order chi connectivity index (χ0) is 17.0. The van der Waals surface area contributed by atoms with E-state index in [4.69, 9.17) is 21.1 Å². The Kier molecular flexibility index (Phi) is 6.02. The van der Waals surface area contributed by atoms with E-state index in [1.165, 1.54) is 17.4 Å². The number of hydrogen-bond acceptors (Lipinski definition) is 5. The van der Waals surface area contributed by atoms with Crippen LogP contribution in [0.5, 0.6) is 0 Å². The van der Waals surface area contributed by atoms with E-state index in [9.17, 15) is 13.2 Å². The Labute approximate surface area is 141 Å². The van der Waals surface area contributed by atoms with Crippen molar-refractivity contribution in [3.63, 3.8) is 0 Å². The molecule has 1 atom stereocenters. The predicted molar refractivity (Wildman–Crippen MR) is 86.0 cm³/mol. The summed E-state index contributed by atoms with van der Waals surface area (Å²) >= 11 is 6.03. The molecule has 0 aromatic heterocycles. The Morgan fingerprint density at radius 3 is 2.74 bits per heavy atom. The maximum absolute atomic E-state index is 12.6. The molecule has 1 aromatic carbocycles. The molecule has 0 unspecified atom stereocenters. The van der Waals surface area contributed by atoms with E-state index >= 15 is 0 Å². The lowest BCUT2D eigenvalue weighted by Crippen LogP contribution is -2.30. The van der Waals surface area contributed by atoms with Gasteiger partial charge in [-0.2, -0.15) is 4.31 Å². The number of halogens is 1. The monoisotopic (exact) mass is 361 g/mol. The summed E-state index contributed by atoms with van der Waals surface area (Å²) in [6.07, 6.45) is 0.522. The van der Waals surface area contributed by atoms with Crippen molar-refractivity contribution in [2.24, 2.45) is 0 Å². The third-order valence-corrected chi connectivity index (χ3v) is 5.44. The van der Waals surface area contributed by atoms with E-state index in [0.717, 1.165) is 0 Å². The van der Waals surface area contributed by atoms with Crippen molar-refractivity contribution >= 4 is 27.6 Å². The van der Waals surface area contributed by atoms with Crippen molar-refractivity contribution in [3.8, 4) is 0 Å². The van der Waals surface area contributed by atoms with Gasteiger partial charge in [0.05, 0.1) is 24.2 Å². The number of nitrogens with zero attached hydrogens (tertiary/aromatic N) is 1. The number of benzene rings is 1. The van der Waals surface area contributed by atoms with E-state index < -0.39 is 10.0 Å². The zero-order valence-electron chi connectivity index (χ0n) is 13.1. The van der Waals surface area contributed by atoms with Crippen LogP contribution in [-0.2, 0) is 30.7 Å². The van der Waals surface area contributed by atoms with Gasteiger partial charge < -0.3 is 9.47 Å². The molecule has 23 heavy (non-hydrogen) atoms. The van der Waals surface area contributed by atoms with Crippen LogP contribution in [-0.4, -0.2) is 51.6 Å². The Bertz CT molecular complexity index is 672. The maximum Gasteiger partial charge on any atom is 0.306 e. The number of likely N-dealkylation sites (N-methyl/N-ethyl adjacent to an activating group) is 1. The van der Waals surface area contributed by atoms with E-state index in [-0.39, 0.29) is 23.4 Å². The molecular weight excluding hydrogens is 342 g/mol. The highest BCUT2D eigenvalue weighted by Gasteiger charge is 2.30. The van der Waals surface area contributed by atoms with Crippen molar-refractivity contribution in [2.75, 3.05) is 26.8 Å². The lowest BCUT2D eigenvalue weighted by molar-refractivity contribution is -0.143. The normalized spacial score (nSPS) is 17.3. The average Bonchev–Trinajstić information content (AvgIpc) is 3.29. The van der Waals surface area contributed by atoms with Gasteiger partial charge in [-0.05, 0) is 37.1 Å². The summed E-state index contributed by atoms with van der Waals surface area (Å²) in [5, 5.41) is 0.320. The molecule has 0 N–H and O–H groups in total. The minimum absolute atomic E-state index is 0.0303. The van der Waals surface area contributed by atoms with Crippen LogP contribution in [0.3, 0.4) is 0 Å². The van der Waals surface area contributed by atoms with E-state index in [0.29, 0.717) is 36.8 Å². The summed E-state index contributed by atoms with van der Waals surface area (Å²) in [6.45, 7) is 2.95. The predicted octanol–water partition coefficient (Wildman–Crippen LogP) is 1.86. The van der Waals surface area contributed by atoms with Crippen LogP contribution < -0.4 is 0 Å². The second-order valence-corrected chi connectivity index (χ2v) is 7.82. The van der Waals surface area contributed by atoms with Crippen molar-refractivity contribution < 1.29 is 22.7 Å². The lowest BCUT2D eigenvalue weighted by Gasteiger charge is -2.17. The van der Waals surface area contributed by atoms with Gasteiger partial charge in [0.2, 0.25) is 10.0 Å². The minimum atomic E-state index is -3.64. The third kappa shape index (κ3) is 5.17. The molecule has 1 aliphatic rings. The smallest absolute Gasteiger partial charge is 0.306 e.